The highest BCUT2D eigenvalue weighted by molar-refractivity contribution is 6.31. The molecule has 29 heavy (non-hydrogen) atoms. The van der Waals surface area contributed by atoms with Crippen LogP contribution < -0.4 is 19.5 Å². The molecule has 0 spiro atoms. The molecule has 0 aliphatic rings. The number of nitrogens with one attached hydrogen (secondary N) is 1. The van der Waals surface area contributed by atoms with Crippen LogP contribution >= 0.6 is 11.6 Å². The second kappa shape index (κ2) is 10.0. The summed E-state index contributed by atoms with van der Waals surface area (Å²) in [5.74, 6) is 0.163. The zero-order chi connectivity index (χ0) is 21.6. The van der Waals surface area contributed by atoms with E-state index < -0.39 is 18.0 Å². The highest BCUT2D eigenvalue weighted by atomic mass is 35.5. The molecule has 0 fully saturated rings. The van der Waals surface area contributed by atoms with Crippen LogP contribution in [-0.2, 0) is 9.53 Å². The Hall–Kier alpha value is -2.93. The van der Waals surface area contributed by atoms with Gasteiger partial charge in [-0.3, -0.25) is 4.79 Å². The van der Waals surface area contributed by atoms with Crippen LogP contribution in [0.4, 0.5) is 5.69 Å². The highest BCUT2D eigenvalue weighted by Gasteiger charge is 2.21. The summed E-state index contributed by atoms with van der Waals surface area (Å²) < 4.78 is 21.2. The normalized spacial score (nSPS) is 11.4. The van der Waals surface area contributed by atoms with E-state index in [-0.39, 0.29) is 5.56 Å². The van der Waals surface area contributed by atoms with Gasteiger partial charge < -0.3 is 24.3 Å². The van der Waals surface area contributed by atoms with Crippen molar-refractivity contribution >= 4 is 29.2 Å². The van der Waals surface area contributed by atoms with Crippen LogP contribution in [0.25, 0.3) is 0 Å². The summed E-state index contributed by atoms with van der Waals surface area (Å²) in [4.78, 5) is 24.9. The standard InChI is InChI=1S/C21H24ClNO6/c1-6-28-17-8-7-14(10-19(17)27-5)21(25)29-13(3)20(24)23-16-9-12(2)15(22)11-18(16)26-4/h7-11,13H,6H2,1-5H3,(H,23,24). The maximum Gasteiger partial charge on any atom is 0.339 e. The Labute approximate surface area is 174 Å². The molecular weight excluding hydrogens is 398 g/mol. The van der Waals surface area contributed by atoms with Gasteiger partial charge in [0.15, 0.2) is 17.6 Å². The summed E-state index contributed by atoms with van der Waals surface area (Å²) in [5, 5.41) is 3.21. The maximum atomic E-state index is 12.5. The van der Waals surface area contributed by atoms with Crippen molar-refractivity contribution in [2.75, 3.05) is 26.1 Å². The minimum atomic E-state index is -1.04. The van der Waals surface area contributed by atoms with E-state index in [9.17, 15) is 9.59 Å². The molecule has 1 atom stereocenters. The molecule has 8 heteroatoms. The molecule has 0 aliphatic carbocycles. The largest absolute Gasteiger partial charge is 0.495 e. The summed E-state index contributed by atoms with van der Waals surface area (Å²) in [6, 6.07) is 7.96. The molecule has 1 N–H and O–H groups in total. The fourth-order valence-electron chi connectivity index (χ4n) is 2.52. The van der Waals surface area contributed by atoms with E-state index in [4.69, 9.17) is 30.5 Å². The van der Waals surface area contributed by atoms with Gasteiger partial charge >= 0.3 is 5.97 Å². The van der Waals surface area contributed by atoms with Crippen molar-refractivity contribution in [1.82, 2.24) is 0 Å². The lowest BCUT2D eigenvalue weighted by atomic mass is 10.2. The molecule has 7 nitrogen and oxygen atoms in total. The number of esters is 1. The van der Waals surface area contributed by atoms with E-state index in [1.807, 2.05) is 6.92 Å². The molecule has 1 amide bonds. The Balaban J connectivity index is 2.10. The van der Waals surface area contributed by atoms with Gasteiger partial charge in [0.25, 0.3) is 5.91 Å². The van der Waals surface area contributed by atoms with E-state index in [0.29, 0.717) is 34.6 Å². The summed E-state index contributed by atoms with van der Waals surface area (Å²) in [5.41, 5.74) is 1.45. The van der Waals surface area contributed by atoms with Gasteiger partial charge in [0, 0.05) is 11.1 Å². The monoisotopic (exact) mass is 421 g/mol. The number of ether oxygens (including phenoxy) is 4. The molecule has 2 rings (SSSR count). The summed E-state index contributed by atoms with van der Waals surface area (Å²) in [6.45, 7) is 5.60. The van der Waals surface area contributed by atoms with Crippen LogP contribution in [0.1, 0.15) is 29.8 Å². The minimum absolute atomic E-state index is 0.241. The van der Waals surface area contributed by atoms with Crippen molar-refractivity contribution in [3.63, 3.8) is 0 Å². The average Bonchev–Trinajstić information content (AvgIpc) is 2.70. The van der Waals surface area contributed by atoms with E-state index >= 15 is 0 Å². The first-order valence-corrected chi connectivity index (χ1v) is 9.35. The topological polar surface area (TPSA) is 83.1 Å². The van der Waals surface area contributed by atoms with Crippen molar-refractivity contribution in [3.8, 4) is 17.2 Å². The molecule has 0 saturated carbocycles. The Morgan fingerprint density at radius 1 is 1.07 bits per heavy atom. The van der Waals surface area contributed by atoms with Crippen LogP contribution in [0, 0.1) is 6.92 Å². The number of halogens is 1. The van der Waals surface area contributed by atoms with Crippen molar-refractivity contribution in [2.45, 2.75) is 26.9 Å². The molecule has 2 aromatic rings. The quantitative estimate of drug-likeness (QED) is 0.641. The molecular formula is C21H24ClNO6. The first kappa shape index (κ1) is 22.4. The zero-order valence-electron chi connectivity index (χ0n) is 17.0. The van der Waals surface area contributed by atoms with Crippen LogP contribution in [0.5, 0.6) is 17.2 Å². The SMILES string of the molecule is CCOc1ccc(C(=O)OC(C)C(=O)Nc2cc(C)c(Cl)cc2OC)cc1OC. The lowest BCUT2D eigenvalue weighted by Gasteiger charge is -2.16. The van der Waals surface area contributed by atoms with Gasteiger partial charge in [-0.15, -0.1) is 0 Å². The minimum Gasteiger partial charge on any atom is -0.495 e. The Kier molecular flexibility index (Phi) is 7.73. The number of amides is 1. The van der Waals surface area contributed by atoms with Gasteiger partial charge in [0.2, 0.25) is 0 Å². The number of anilines is 1. The molecule has 156 valence electrons. The van der Waals surface area contributed by atoms with Crippen LogP contribution in [0.3, 0.4) is 0 Å². The molecule has 1 unspecified atom stereocenters. The first-order valence-electron chi connectivity index (χ1n) is 8.97. The smallest absolute Gasteiger partial charge is 0.339 e. The van der Waals surface area contributed by atoms with Gasteiger partial charge in [-0.1, -0.05) is 11.6 Å². The Morgan fingerprint density at radius 2 is 1.76 bits per heavy atom. The number of benzene rings is 2. The van der Waals surface area contributed by atoms with Crippen molar-refractivity contribution in [2.24, 2.45) is 0 Å². The van der Waals surface area contributed by atoms with E-state index in [1.54, 1.807) is 31.2 Å². The van der Waals surface area contributed by atoms with Gasteiger partial charge in [-0.25, -0.2) is 4.79 Å². The molecule has 2 aromatic carbocycles. The van der Waals surface area contributed by atoms with Gasteiger partial charge in [0.1, 0.15) is 5.75 Å². The fourth-order valence-corrected chi connectivity index (χ4v) is 2.67. The third kappa shape index (κ3) is 5.54. The number of aryl methyl sites for hydroxylation is 1. The average molecular weight is 422 g/mol. The lowest BCUT2D eigenvalue weighted by Crippen LogP contribution is -2.30. The highest BCUT2D eigenvalue weighted by Crippen LogP contribution is 2.31. The first-order chi connectivity index (χ1) is 13.8. The maximum absolute atomic E-state index is 12.5. The van der Waals surface area contributed by atoms with Crippen LogP contribution in [0.2, 0.25) is 5.02 Å². The predicted octanol–water partition coefficient (Wildman–Crippen LogP) is 4.25. The Bertz CT molecular complexity index is 899. The van der Waals surface area contributed by atoms with Crippen LogP contribution in [-0.4, -0.2) is 38.8 Å². The number of rotatable bonds is 8. The lowest BCUT2D eigenvalue weighted by molar-refractivity contribution is -0.123. The third-order valence-electron chi connectivity index (χ3n) is 4.09. The van der Waals surface area contributed by atoms with Crippen LogP contribution in [0.15, 0.2) is 30.3 Å². The number of methoxy groups -OCH3 is 2. The second-order valence-electron chi connectivity index (χ2n) is 6.14. The number of carbonyl (C=O) groups is 2. The summed E-state index contributed by atoms with van der Waals surface area (Å²) in [6.07, 6.45) is -1.04. The van der Waals surface area contributed by atoms with Crippen molar-refractivity contribution < 1.29 is 28.5 Å². The Morgan fingerprint density at radius 3 is 2.38 bits per heavy atom. The van der Waals surface area contributed by atoms with Gasteiger partial charge in [-0.05, 0) is 50.6 Å². The molecule has 0 aliphatic heterocycles. The third-order valence-corrected chi connectivity index (χ3v) is 4.50. The summed E-state index contributed by atoms with van der Waals surface area (Å²) in [7, 11) is 2.95. The molecule has 0 heterocycles. The molecule has 0 radical (unpaired) electrons. The van der Waals surface area contributed by atoms with Crippen molar-refractivity contribution in [3.05, 3.63) is 46.5 Å². The van der Waals surface area contributed by atoms with E-state index in [1.165, 1.54) is 27.2 Å². The van der Waals surface area contributed by atoms with E-state index in [0.717, 1.165) is 5.56 Å². The predicted molar refractivity (Wildman–Crippen MR) is 110 cm³/mol. The molecule has 0 bridgehead atoms. The number of hydrogen-bond acceptors (Lipinski definition) is 6. The number of carbonyl (C=O) groups excluding carboxylic acids is 2. The zero-order valence-corrected chi connectivity index (χ0v) is 17.8. The van der Waals surface area contributed by atoms with Gasteiger partial charge in [0.05, 0.1) is 32.1 Å². The molecule has 0 saturated heterocycles. The second-order valence-corrected chi connectivity index (χ2v) is 6.54. The van der Waals surface area contributed by atoms with Crippen molar-refractivity contribution in [1.29, 1.82) is 0 Å². The summed E-state index contributed by atoms with van der Waals surface area (Å²) >= 11 is 6.07. The van der Waals surface area contributed by atoms with Gasteiger partial charge in [-0.2, -0.15) is 0 Å². The fraction of sp³-hybridized carbons (Fsp3) is 0.333. The van der Waals surface area contributed by atoms with E-state index in [2.05, 4.69) is 5.32 Å². The molecule has 0 aromatic heterocycles. The number of hydrogen-bond donors (Lipinski definition) is 1.